The van der Waals surface area contributed by atoms with Crippen LogP contribution in [0.5, 0.6) is 0 Å². The minimum atomic E-state index is -4.14. The van der Waals surface area contributed by atoms with Gasteiger partial charge < -0.3 is 5.11 Å². The molecule has 6 heteroatoms. The highest BCUT2D eigenvalue weighted by atomic mass is 32.2. The maximum atomic E-state index is 12.4. The van der Waals surface area contributed by atoms with Crippen LogP contribution in [0.1, 0.15) is 5.56 Å². The first kappa shape index (κ1) is 14.1. The molecule has 2 aromatic rings. The number of amides is 1. The van der Waals surface area contributed by atoms with Crippen molar-refractivity contribution in [1.82, 2.24) is 0 Å². The smallest absolute Gasteiger partial charge is 0.426 e. The lowest BCUT2D eigenvalue weighted by Gasteiger charge is -2.19. The summed E-state index contributed by atoms with van der Waals surface area (Å²) in [6.07, 6.45) is -1.54. The highest BCUT2D eigenvalue weighted by Gasteiger charge is 2.30. The third-order valence-electron chi connectivity index (χ3n) is 2.72. The Morgan fingerprint density at radius 3 is 2.05 bits per heavy atom. The van der Waals surface area contributed by atoms with Crippen LogP contribution in [-0.2, 0) is 10.0 Å². The molecule has 0 spiro atoms. The van der Waals surface area contributed by atoms with E-state index >= 15 is 0 Å². The molecule has 0 saturated carbocycles. The predicted octanol–water partition coefficient (Wildman–Crippen LogP) is 2.87. The third-order valence-corrected chi connectivity index (χ3v) is 4.44. The Morgan fingerprint density at radius 2 is 1.55 bits per heavy atom. The number of anilines is 1. The van der Waals surface area contributed by atoms with Crippen LogP contribution in [0, 0.1) is 6.92 Å². The number of aryl methyl sites for hydroxylation is 1. The first-order valence-corrected chi connectivity index (χ1v) is 7.27. The molecule has 0 aliphatic rings. The fourth-order valence-electron chi connectivity index (χ4n) is 1.73. The van der Waals surface area contributed by atoms with Crippen molar-refractivity contribution in [2.45, 2.75) is 11.8 Å². The summed E-state index contributed by atoms with van der Waals surface area (Å²) in [5.74, 6) is 0. The average molecular weight is 291 g/mol. The van der Waals surface area contributed by atoms with E-state index in [0.29, 0.717) is 4.31 Å². The number of nitrogens with zero attached hydrogens (tertiary/aromatic N) is 1. The largest absolute Gasteiger partial charge is 0.464 e. The molecule has 1 amide bonds. The van der Waals surface area contributed by atoms with Crippen LogP contribution in [-0.4, -0.2) is 19.6 Å². The average Bonchev–Trinajstić information content (AvgIpc) is 2.39. The van der Waals surface area contributed by atoms with E-state index < -0.39 is 16.1 Å². The van der Waals surface area contributed by atoms with Crippen molar-refractivity contribution in [2.24, 2.45) is 0 Å². The van der Waals surface area contributed by atoms with Crippen molar-refractivity contribution < 1.29 is 18.3 Å². The van der Waals surface area contributed by atoms with Gasteiger partial charge in [-0.2, -0.15) is 4.31 Å². The predicted molar refractivity (Wildman–Crippen MR) is 75.3 cm³/mol. The molecular formula is C14H13NO4S. The van der Waals surface area contributed by atoms with E-state index in [0.717, 1.165) is 5.56 Å². The van der Waals surface area contributed by atoms with Gasteiger partial charge >= 0.3 is 6.09 Å². The summed E-state index contributed by atoms with van der Waals surface area (Å²) in [5, 5.41) is 9.22. The van der Waals surface area contributed by atoms with Gasteiger partial charge in [0, 0.05) is 0 Å². The SMILES string of the molecule is Cc1ccc(S(=O)(=O)N(C(=O)O)c2ccccc2)cc1. The Balaban J connectivity index is 2.54. The second-order valence-corrected chi connectivity index (χ2v) is 5.99. The molecule has 2 aromatic carbocycles. The summed E-state index contributed by atoms with van der Waals surface area (Å²) in [7, 11) is -4.14. The van der Waals surface area contributed by atoms with E-state index in [2.05, 4.69) is 0 Å². The van der Waals surface area contributed by atoms with Gasteiger partial charge in [0.1, 0.15) is 0 Å². The molecule has 0 aliphatic carbocycles. The van der Waals surface area contributed by atoms with Crippen LogP contribution < -0.4 is 4.31 Å². The van der Waals surface area contributed by atoms with E-state index in [1.54, 1.807) is 30.3 Å². The Kier molecular flexibility index (Phi) is 3.76. The van der Waals surface area contributed by atoms with Gasteiger partial charge in [-0.05, 0) is 31.2 Å². The third kappa shape index (κ3) is 2.65. The minimum Gasteiger partial charge on any atom is -0.464 e. The molecule has 1 N–H and O–H groups in total. The highest BCUT2D eigenvalue weighted by molar-refractivity contribution is 7.93. The summed E-state index contributed by atoms with van der Waals surface area (Å²) >= 11 is 0. The molecule has 0 aliphatic heterocycles. The Morgan fingerprint density at radius 1 is 1.00 bits per heavy atom. The lowest BCUT2D eigenvalue weighted by molar-refractivity contribution is 0.206. The van der Waals surface area contributed by atoms with Crippen molar-refractivity contribution in [3.05, 3.63) is 60.2 Å². The number of hydrogen-bond donors (Lipinski definition) is 1. The fraction of sp³-hybridized carbons (Fsp3) is 0.0714. The number of rotatable bonds is 3. The van der Waals surface area contributed by atoms with Crippen molar-refractivity contribution >= 4 is 21.8 Å². The lowest BCUT2D eigenvalue weighted by Crippen LogP contribution is -2.35. The van der Waals surface area contributed by atoms with Gasteiger partial charge in [-0.15, -0.1) is 0 Å². The minimum absolute atomic E-state index is 0.0608. The molecule has 0 saturated heterocycles. The number of carboxylic acid groups (broad SMARTS) is 1. The second kappa shape index (κ2) is 5.34. The molecule has 0 fully saturated rings. The Labute approximate surface area is 117 Å². The number of carbonyl (C=O) groups is 1. The topological polar surface area (TPSA) is 74.7 Å². The van der Waals surface area contributed by atoms with Crippen molar-refractivity contribution in [1.29, 1.82) is 0 Å². The Hall–Kier alpha value is -2.34. The van der Waals surface area contributed by atoms with E-state index in [1.807, 2.05) is 6.92 Å². The van der Waals surface area contributed by atoms with E-state index in [4.69, 9.17) is 0 Å². The first-order valence-electron chi connectivity index (χ1n) is 5.83. The molecule has 0 heterocycles. The van der Waals surface area contributed by atoms with E-state index in [-0.39, 0.29) is 10.6 Å². The zero-order valence-corrected chi connectivity index (χ0v) is 11.5. The normalized spacial score (nSPS) is 11.1. The lowest BCUT2D eigenvalue weighted by atomic mass is 10.2. The van der Waals surface area contributed by atoms with Crippen molar-refractivity contribution in [2.75, 3.05) is 4.31 Å². The zero-order chi connectivity index (χ0) is 14.8. The number of sulfonamides is 1. The van der Waals surface area contributed by atoms with E-state index in [9.17, 15) is 18.3 Å². The molecule has 0 aromatic heterocycles. The van der Waals surface area contributed by atoms with Crippen LogP contribution in [0.25, 0.3) is 0 Å². The van der Waals surface area contributed by atoms with Crippen LogP contribution in [0.4, 0.5) is 10.5 Å². The molecular weight excluding hydrogens is 278 g/mol. The maximum absolute atomic E-state index is 12.4. The quantitative estimate of drug-likeness (QED) is 0.943. The van der Waals surface area contributed by atoms with Crippen LogP contribution in [0.2, 0.25) is 0 Å². The van der Waals surface area contributed by atoms with Gasteiger partial charge in [0.25, 0.3) is 10.0 Å². The molecule has 5 nitrogen and oxygen atoms in total. The number of para-hydroxylation sites is 1. The summed E-state index contributed by atoms with van der Waals surface area (Å²) in [5.41, 5.74) is 0.978. The number of hydrogen-bond acceptors (Lipinski definition) is 3. The molecule has 20 heavy (non-hydrogen) atoms. The van der Waals surface area contributed by atoms with Gasteiger partial charge in [0.15, 0.2) is 0 Å². The molecule has 2 rings (SSSR count). The first-order chi connectivity index (χ1) is 9.43. The van der Waals surface area contributed by atoms with Gasteiger partial charge in [0.05, 0.1) is 10.6 Å². The standard InChI is InChI=1S/C14H13NO4S/c1-11-7-9-13(10-8-11)20(18,19)15(14(16)17)12-5-3-2-4-6-12/h2-10H,1H3,(H,16,17). The fourth-order valence-corrected chi connectivity index (χ4v) is 3.03. The van der Waals surface area contributed by atoms with Crippen LogP contribution >= 0.6 is 0 Å². The van der Waals surface area contributed by atoms with Crippen molar-refractivity contribution in [3.63, 3.8) is 0 Å². The summed E-state index contributed by atoms with van der Waals surface area (Å²) in [6, 6.07) is 13.7. The van der Waals surface area contributed by atoms with Gasteiger partial charge in [-0.1, -0.05) is 35.9 Å². The summed E-state index contributed by atoms with van der Waals surface area (Å²) in [4.78, 5) is 11.3. The maximum Gasteiger partial charge on any atom is 0.426 e. The molecule has 0 atom stereocenters. The van der Waals surface area contributed by atoms with Crippen LogP contribution in [0.15, 0.2) is 59.5 Å². The molecule has 104 valence electrons. The summed E-state index contributed by atoms with van der Waals surface area (Å²) in [6.45, 7) is 1.82. The number of benzene rings is 2. The van der Waals surface area contributed by atoms with Gasteiger partial charge in [-0.25, -0.2) is 13.2 Å². The molecule has 0 unspecified atom stereocenters. The van der Waals surface area contributed by atoms with Gasteiger partial charge in [0.2, 0.25) is 0 Å². The summed E-state index contributed by atoms with van der Waals surface area (Å²) < 4.78 is 25.2. The molecule has 0 radical (unpaired) electrons. The second-order valence-electron chi connectivity index (χ2n) is 4.20. The molecule has 0 bridgehead atoms. The van der Waals surface area contributed by atoms with E-state index in [1.165, 1.54) is 24.3 Å². The monoisotopic (exact) mass is 291 g/mol. The van der Waals surface area contributed by atoms with Crippen molar-refractivity contribution in [3.8, 4) is 0 Å². The van der Waals surface area contributed by atoms with Crippen LogP contribution in [0.3, 0.4) is 0 Å². The van der Waals surface area contributed by atoms with Gasteiger partial charge in [-0.3, -0.25) is 0 Å². The Bertz CT molecular complexity index is 709. The highest BCUT2D eigenvalue weighted by Crippen LogP contribution is 2.23. The zero-order valence-electron chi connectivity index (χ0n) is 10.7.